The van der Waals surface area contributed by atoms with Gasteiger partial charge in [-0.3, -0.25) is 0 Å². The first-order chi connectivity index (χ1) is 4.36. The van der Waals surface area contributed by atoms with Gasteiger partial charge in [0, 0.05) is 12.0 Å². The van der Waals surface area contributed by atoms with Crippen molar-refractivity contribution in [1.82, 2.24) is 5.16 Å². The van der Waals surface area contributed by atoms with Gasteiger partial charge in [0.05, 0.1) is 5.69 Å². The molecule has 0 aromatic carbocycles. The Balaban J connectivity index is 0.000000500. The second kappa shape index (κ2) is 2.50. The van der Waals surface area contributed by atoms with E-state index in [1.807, 2.05) is 0 Å². The van der Waals surface area contributed by atoms with Gasteiger partial charge < -0.3 is 10.3 Å². The van der Waals surface area contributed by atoms with Crippen LogP contribution in [-0.4, -0.2) is 5.16 Å². The van der Waals surface area contributed by atoms with Crippen molar-refractivity contribution in [1.29, 1.82) is 0 Å². The number of hydrogen-bond acceptors (Lipinski definition) is 3. The lowest BCUT2D eigenvalue weighted by molar-refractivity contribution is 0.428. The molecular weight excluding hydrogens is 152 g/mol. The van der Waals surface area contributed by atoms with Crippen LogP contribution in [0.2, 0.25) is 0 Å². The summed E-state index contributed by atoms with van der Waals surface area (Å²) in [5.41, 5.74) is 6.34. The Labute approximate surface area is 65.0 Å². The van der Waals surface area contributed by atoms with Crippen molar-refractivity contribution >= 4 is 18.3 Å². The van der Waals surface area contributed by atoms with Crippen LogP contribution >= 0.6 is 12.4 Å². The Hall–Kier alpha value is -0.700. The van der Waals surface area contributed by atoms with E-state index in [2.05, 4.69) is 5.16 Å². The van der Waals surface area contributed by atoms with Crippen molar-refractivity contribution in [3.05, 3.63) is 11.8 Å². The van der Waals surface area contributed by atoms with Gasteiger partial charge >= 0.3 is 0 Å². The Morgan fingerprint density at radius 2 is 2.30 bits per heavy atom. The van der Waals surface area contributed by atoms with Gasteiger partial charge in [-0.05, 0) is 12.8 Å². The maximum Gasteiger partial charge on any atom is 0.222 e. The highest BCUT2D eigenvalue weighted by atomic mass is 35.5. The van der Waals surface area contributed by atoms with Gasteiger partial charge in [-0.15, -0.1) is 12.4 Å². The summed E-state index contributed by atoms with van der Waals surface area (Å²) in [5, 5.41) is 3.78. The van der Waals surface area contributed by atoms with Crippen molar-refractivity contribution in [2.24, 2.45) is 0 Å². The summed E-state index contributed by atoms with van der Waals surface area (Å²) in [4.78, 5) is 0. The van der Waals surface area contributed by atoms with Crippen LogP contribution in [0.5, 0.6) is 0 Å². The van der Waals surface area contributed by atoms with E-state index in [1.165, 1.54) is 12.8 Å². The lowest BCUT2D eigenvalue weighted by Crippen LogP contribution is -1.76. The zero-order chi connectivity index (χ0) is 6.27. The summed E-state index contributed by atoms with van der Waals surface area (Å²) in [6, 6.07) is 1.80. The average Bonchev–Trinajstić information content (AvgIpc) is 2.58. The van der Waals surface area contributed by atoms with Crippen LogP contribution in [-0.2, 0) is 0 Å². The minimum Gasteiger partial charge on any atom is -0.368 e. The lowest BCUT2D eigenvalue weighted by atomic mass is 10.3. The first-order valence-corrected chi connectivity index (χ1v) is 3.08. The van der Waals surface area contributed by atoms with Crippen molar-refractivity contribution in [2.45, 2.75) is 18.8 Å². The SMILES string of the molecule is Cl.Nc1cc(C2CC2)no1. The molecule has 2 N–H and O–H groups in total. The predicted molar refractivity (Wildman–Crippen MR) is 40.1 cm³/mol. The molecule has 10 heavy (non-hydrogen) atoms. The minimum absolute atomic E-state index is 0. The van der Waals surface area contributed by atoms with Gasteiger partial charge in [0.1, 0.15) is 0 Å². The smallest absolute Gasteiger partial charge is 0.222 e. The van der Waals surface area contributed by atoms with Gasteiger partial charge in [-0.1, -0.05) is 5.16 Å². The van der Waals surface area contributed by atoms with Crippen LogP contribution in [0.15, 0.2) is 10.6 Å². The van der Waals surface area contributed by atoms with E-state index in [9.17, 15) is 0 Å². The molecule has 2 rings (SSSR count). The van der Waals surface area contributed by atoms with Gasteiger partial charge in [0.25, 0.3) is 0 Å². The molecule has 1 aromatic heterocycles. The third-order valence-electron chi connectivity index (χ3n) is 1.54. The van der Waals surface area contributed by atoms with Crippen molar-refractivity contribution in [2.75, 3.05) is 5.73 Å². The molecule has 0 aliphatic heterocycles. The van der Waals surface area contributed by atoms with E-state index < -0.39 is 0 Å². The largest absolute Gasteiger partial charge is 0.368 e. The highest BCUT2D eigenvalue weighted by molar-refractivity contribution is 5.85. The Morgan fingerprint density at radius 3 is 2.70 bits per heavy atom. The summed E-state index contributed by atoms with van der Waals surface area (Å²) in [6.45, 7) is 0. The molecule has 0 atom stereocenters. The van der Waals surface area contributed by atoms with E-state index in [1.54, 1.807) is 6.07 Å². The van der Waals surface area contributed by atoms with Gasteiger partial charge in [0.15, 0.2) is 0 Å². The number of rotatable bonds is 1. The standard InChI is InChI=1S/C6H8N2O.ClH/c7-6-3-5(8-9-6)4-1-2-4;/h3-4H,1-2,7H2;1H. The summed E-state index contributed by atoms with van der Waals surface area (Å²) in [7, 11) is 0. The van der Waals surface area contributed by atoms with Gasteiger partial charge in [0.2, 0.25) is 5.88 Å². The molecule has 1 aliphatic carbocycles. The van der Waals surface area contributed by atoms with Gasteiger partial charge in [-0.25, -0.2) is 0 Å². The molecule has 0 saturated heterocycles. The number of aromatic nitrogens is 1. The fourth-order valence-electron chi connectivity index (χ4n) is 0.875. The van der Waals surface area contributed by atoms with Crippen LogP contribution in [0.3, 0.4) is 0 Å². The minimum atomic E-state index is 0. The van der Waals surface area contributed by atoms with E-state index in [0.29, 0.717) is 11.8 Å². The van der Waals surface area contributed by atoms with Gasteiger partial charge in [-0.2, -0.15) is 0 Å². The Kier molecular flexibility index (Phi) is 1.85. The molecular formula is C6H9ClN2O. The quantitative estimate of drug-likeness (QED) is 0.678. The molecule has 0 unspecified atom stereocenters. The maximum absolute atomic E-state index is 5.32. The summed E-state index contributed by atoms with van der Waals surface area (Å²) in [6.07, 6.45) is 2.48. The highest BCUT2D eigenvalue weighted by Crippen LogP contribution is 2.39. The van der Waals surface area contributed by atoms with E-state index in [0.717, 1.165) is 5.69 Å². The second-order valence-electron chi connectivity index (χ2n) is 2.43. The number of hydrogen-bond donors (Lipinski definition) is 1. The highest BCUT2D eigenvalue weighted by Gasteiger charge is 2.26. The van der Waals surface area contributed by atoms with Crippen molar-refractivity contribution in [3.8, 4) is 0 Å². The first kappa shape index (κ1) is 7.41. The number of nitrogens with two attached hydrogens (primary N) is 1. The molecule has 0 bridgehead atoms. The summed E-state index contributed by atoms with van der Waals surface area (Å²) < 4.78 is 4.69. The molecule has 0 amide bonds. The third-order valence-corrected chi connectivity index (χ3v) is 1.54. The molecule has 1 aromatic rings. The third kappa shape index (κ3) is 1.24. The topological polar surface area (TPSA) is 52.0 Å². The molecule has 0 radical (unpaired) electrons. The van der Waals surface area contributed by atoms with Crippen LogP contribution in [0.1, 0.15) is 24.5 Å². The molecule has 1 heterocycles. The van der Waals surface area contributed by atoms with E-state index in [-0.39, 0.29) is 12.4 Å². The summed E-state index contributed by atoms with van der Waals surface area (Å²) >= 11 is 0. The van der Waals surface area contributed by atoms with E-state index in [4.69, 9.17) is 10.3 Å². The number of anilines is 1. The number of nitrogens with zero attached hydrogens (tertiary/aromatic N) is 1. The second-order valence-corrected chi connectivity index (χ2v) is 2.43. The van der Waals surface area contributed by atoms with E-state index >= 15 is 0 Å². The molecule has 0 spiro atoms. The fourth-order valence-corrected chi connectivity index (χ4v) is 0.875. The predicted octanol–water partition coefficient (Wildman–Crippen LogP) is 1.56. The van der Waals surface area contributed by atoms with Crippen molar-refractivity contribution in [3.63, 3.8) is 0 Å². The molecule has 1 aliphatic rings. The Morgan fingerprint density at radius 1 is 1.60 bits per heavy atom. The Bertz CT molecular complexity index is 219. The number of halogens is 1. The zero-order valence-corrected chi connectivity index (χ0v) is 6.23. The monoisotopic (exact) mass is 160 g/mol. The van der Waals surface area contributed by atoms with Crippen molar-refractivity contribution < 1.29 is 4.52 Å². The molecule has 56 valence electrons. The van der Waals surface area contributed by atoms with Crippen LogP contribution < -0.4 is 5.73 Å². The summed E-state index contributed by atoms with van der Waals surface area (Å²) in [5.74, 6) is 1.07. The molecule has 1 fully saturated rings. The molecule has 4 heteroatoms. The first-order valence-electron chi connectivity index (χ1n) is 3.08. The molecule has 3 nitrogen and oxygen atoms in total. The van der Waals surface area contributed by atoms with Crippen LogP contribution in [0.4, 0.5) is 5.88 Å². The maximum atomic E-state index is 5.32. The molecule has 1 saturated carbocycles. The van der Waals surface area contributed by atoms with Crippen LogP contribution in [0, 0.1) is 0 Å². The average molecular weight is 161 g/mol. The van der Waals surface area contributed by atoms with Crippen LogP contribution in [0.25, 0.3) is 0 Å². The normalized spacial score (nSPS) is 16.4. The fraction of sp³-hybridized carbons (Fsp3) is 0.500. The number of nitrogen functional groups attached to an aromatic ring is 1. The zero-order valence-electron chi connectivity index (χ0n) is 5.41. The lowest BCUT2D eigenvalue weighted by Gasteiger charge is -1.78.